The minimum atomic E-state index is -0.0656. The van der Waals surface area contributed by atoms with Crippen molar-refractivity contribution in [3.05, 3.63) is 59.7 Å². The molecule has 0 aromatic heterocycles. The maximum absolute atomic E-state index is 11.0. The van der Waals surface area contributed by atoms with Crippen LogP contribution in [0.4, 0.5) is 11.4 Å². The lowest BCUT2D eigenvalue weighted by molar-refractivity contribution is -0.114. The Morgan fingerprint density at radius 3 is 2.24 bits per heavy atom. The number of ether oxygens (including phenoxy) is 1. The zero-order valence-corrected chi connectivity index (χ0v) is 12.3. The summed E-state index contributed by atoms with van der Waals surface area (Å²) in [5.41, 5.74) is 4.21. The Labute approximate surface area is 125 Å². The molecule has 2 N–H and O–H groups in total. The van der Waals surface area contributed by atoms with E-state index in [0.717, 1.165) is 17.9 Å². The van der Waals surface area contributed by atoms with E-state index in [9.17, 15) is 4.79 Å². The lowest BCUT2D eigenvalue weighted by Gasteiger charge is -2.11. The Kier molecular flexibility index (Phi) is 5.35. The van der Waals surface area contributed by atoms with Crippen molar-refractivity contribution in [2.75, 3.05) is 17.7 Å². The molecular formula is C17H20N2O2. The fraction of sp³-hybridized carbons (Fsp3) is 0.235. The Balaban J connectivity index is 1.98. The first-order valence-corrected chi connectivity index (χ1v) is 6.86. The van der Waals surface area contributed by atoms with E-state index in [1.807, 2.05) is 36.4 Å². The molecule has 2 aromatic rings. The normalized spacial score (nSPS) is 10.2. The minimum absolute atomic E-state index is 0.0656. The van der Waals surface area contributed by atoms with Crippen LogP contribution in [0.25, 0.3) is 0 Å². The van der Waals surface area contributed by atoms with Crippen LogP contribution in [0.1, 0.15) is 18.1 Å². The van der Waals surface area contributed by atoms with E-state index in [1.165, 1.54) is 18.1 Å². The first-order chi connectivity index (χ1) is 10.2. The van der Waals surface area contributed by atoms with Gasteiger partial charge in [0.2, 0.25) is 5.91 Å². The van der Waals surface area contributed by atoms with E-state index < -0.39 is 0 Å². The summed E-state index contributed by atoms with van der Waals surface area (Å²) < 4.78 is 5.21. The summed E-state index contributed by atoms with van der Waals surface area (Å²) in [5, 5.41) is 6.12. The van der Waals surface area contributed by atoms with E-state index in [2.05, 4.69) is 22.8 Å². The van der Waals surface area contributed by atoms with Gasteiger partial charge in [0.15, 0.2) is 0 Å². The van der Waals surface area contributed by atoms with Crippen LogP contribution in [-0.2, 0) is 22.7 Å². The average Bonchev–Trinajstić information content (AvgIpc) is 2.48. The third-order valence-electron chi connectivity index (χ3n) is 3.11. The molecule has 0 heterocycles. The maximum Gasteiger partial charge on any atom is 0.221 e. The molecule has 2 aromatic carbocycles. The van der Waals surface area contributed by atoms with Crippen LogP contribution >= 0.6 is 0 Å². The lowest BCUT2D eigenvalue weighted by Crippen LogP contribution is -2.06. The molecule has 0 unspecified atom stereocenters. The molecule has 1 amide bonds. The Hall–Kier alpha value is -2.33. The zero-order valence-electron chi connectivity index (χ0n) is 12.3. The van der Waals surface area contributed by atoms with E-state index in [-0.39, 0.29) is 5.91 Å². The van der Waals surface area contributed by atoms with Crippen molar-refractivity contribution in [1.29, 1.82) is 0 Å². The number of methoxy groups -OCH3 is 1. The summed E-state index contributed by atoms with van der Waals surface area (Å²) in [6.45, 7) is 2.84. The molecule has 0 saturated carbocycles. The van der Waals surface area contributed by atoms with E-state index in [4.69, 9.17) is 4.74 Å². The van der Waals surface area contributed by atoms with Crippen molar-refractivity contribution in [3.8, 4) is 0 Å². The first kappa shape index (κ1) is 15.1. The van der Waals surface area contributed by atoms with Crippen molar-refractivity contribution < 1.29 is 9.53 Å². The number of amides is 1. The topological polar surface area (TPSA) is 50.4 Å². The molecule has 21 heavy (non-hydrogen) atoms. The van der Waals surface area contributed by atoms with Gasteiger partial charge in [0.05, 0.1) is 6.61 Å². The van der Waals surface area contributed by atoms with Crippen LogP contribution in [0.2, 0.25) is 0 Å². The van der Waals surface area contributed by atoms with E-state index in [0.29, 0.717) is 6.61 Å². The Morgan fingerprint density at radius 1 is 1.00 bits per heavy atom. The second-order valence-corrected chi connectivity index (χ2v) is 4.81. The van der Waals surface area contributed by atoms with Crippen LogP contribution in [0.15, 0.2) is 48.5 Å². The third kappa shape index (κ3) is 4.61. The van der Waals surface area contributed by atoms with Gasteiger partial charge in [0.25, 0.3) is 0 Å². The van der Waals surface area contributed by atoms with Crippen molar-refractivity contribution in [2.24, 2.45) is 0 Å². The molecule has 110 valence electrons. The second kappa shape index (κ2) is 7.45. The number of anilines is 2. The number of benzene rings is 2. The van der Waals surface area contributed by atoms with Crippen LogP contribution < -0.4 is 10.6 Å². The van der Waals surface area contributed by atoms with E-state index in [1.54, 1.807) is 7.11 Å². The van der Waals surface area contributed by atoms with Crippen molar-refractivity contribution in [3.63, 3.8) is 0 Å². The molecule has 0 aliphatic carbocycles. The van der Waals surface area contributed by atoms with Gasteiger partial charge < -0.3 is 15.4 Å². The molecule has 4 nitrogen and oxygen atoms in total. The van der Waals surface area contributed by atoms with Crippen LogP contribution in [0, 0.1) is 0 Å². The molecular weight excluding hydrogens is 264 g/mol. The fourth-order valence-electron chi connectivity index (χ4n) is 2.10. The zero-order chi connectivity index (χ0) is 15.1. The van der Waals surface area contributed by atoms with Gasteiger partial charge in [-0.3, -0.25) is 4.79 Å². The highest BCUT2D eigenvalue weighted by molar-refractivity contribution is 5.88. The lowest BCUT2D eigenvalue weighted by atomic mass is 10.1. The molecule has 0 saturated heterocycles. The standard InChI is InChI=1S/C17H20N2O2/c1-13(20)19-17-9-7-16(8-10-17)18-11-14-5-3-4-6-15(14)12-21-2/h3-10,18H,11-12H2,1-2H3,(H,19,20). The minimum Gasteiger partial charge on any atom is -0.381 e. The third-order valence-corrected chi connectivity index (χ3v) is 3.11. The van der Waals surface area contributed by atoms with Crippen molar-refractivity contribution in [2.45, 2.75) is 20.1 Å². The SMILES string of the molecule is COCc1ccccc1CNc1ccc(NC(C)=O)cc1. The predicted octanol–water partition coefficient (Wildman–Crippen LogP) is 3.40. The van der Waals surface area contributed by atoms with Gasteiger partial charge in [-0.15, -0.1) is 0 Å². The van der Waals surface area contributed by atoms with Gasteiger partial charge in [0, 0.05) is 32.0 Å². The number of hydrogen-bond acceptors (Lipinski definition) is 3. The number of carbonyl (C=O) groups is 1. The summed E-state index contributed by atoms with van der Waals surface area (Å²) in [6.07, 6.45) is 0. The highest BCUT2D eigenvalue weighted by atomic mass is 16.5. The fourth-order valence-corrected chi connectivity index (χ4v) is 2.10. The molecule has 0 atom stereocenters. The monoisotopic (exact) mass is 284 g/mol. The molecule has 0 radical (unpaired) electrons. The van der Waals surface area contributed by atoms with Gasteiger partial charge >= 0.3 is 0 Å². The number of rotatable bonds is 6. The molecule has 0 aliphatic rings. The molecule has 2 rings (SSSR count). The highest BCUT2D eigenvalue weighted by Gasteiger charge is 2.01. The largest absolute Gasteiger partial charge is 0.381 e. The molecule has 0 fully saturated rings. The van der Waals surface area contributed by atoms with Crippen LogP contribution in [-0.4, -0.2) is 13.0 Å². The molecule has 0 spiro atoms. The predicted molar refractivity (Wildman–Crippen MR) is 85.2 cm³/mol. The average molecular weight is 284 g/mol. The van der Waals surface area contributed by atoms with Crippen LogP contribution in [0.5, 0.6) is 0 Å². The molecule has 4 heteroatoms. The highest BCUT2D eigenvalue weighted by Crippen LogP contribution is 2.16. The Morgan fingerprint density at radius 2 is 1.62 bits per heavy atom. The summed E-state index contributed by atoms with van der Waals surface area (Å²) in [7, 11) is 1.70. The summed E-state index contributed by atoms with van der Waals surface area (Å²) in [4.78, 5) is 11.0. The molecule has 0 bridgehead atoms. The van der Waals surface area contributed by atoms with Gasteiger partial charge in [-0.25, -0.2) is 0 Å². The first-order valence-electron chi connectivity index (χ1n) is 6.86. The Bertz CT molecular complexity index is 594. The molecule has 0 aliphatic heterocycles. The number of carbonyl (C=O) groups excluding carboxylic acids is 1. The van der Waals surface area contributed by atoms with Gasteiger partial charge in [-0.1, -0.05) is 24.3 Å². The summed E-state index contributed by atoms with van der Waals surface area (Å²) >= 11 is 0. The summed E-state index contributed by atoms with van der Waals surface area (Å²) in [5.74, 6) is -0.0656. The second-order valence-electron chi connectivity index (χ2n) is 4.81. The van der Waals surface area contributed by atoms with Gasteiger partial charge in [-0.2, -0.15) is 0 Å². The van der Waals surface area contributed by atoms with Gasteiger partial charge in [0.1, 0.15) is 0 Å². The van der Waals surface area contributed by atoms with Crippen molar-refractivity contribution in [1.82, 2.24) is 0 Å². The summed E-state index contributed by atoms with van der Waals surface area (Å²) in [6, 6.07) is 15.9. The maximum atomic E-state index is 11.0. The number of nitrogens with one attached hydrogen (secondary N) is 2. The van der Waals surface area contributed by atoms with Gasteiger partial charge in [-0.05, 0) is 35.4 Å². The quantitative estimate of drug-likeness (QED) is 0.854. The number of hydrogen-bond donors (Lipinski definition) is 2. The van der Waals surface area contributed by atoms with Crippen LogP contribution in [0.3, 0.4) is 0 Å². The smallest absolute Gasteiger partial charge is 0.221 e. The van der Waals surface area contributed by atoms with E-state index >= 15 is 0 Å². The van der Waals surface area contributed by atoms with Crippen molar-refractivity contribution >= 4 is 17.3 Å².